The number of thioether (sulfide) groups is 1. The average Bonchev–Trinajstić information content (AvgIpc) is 2.59. The van der Waals surface area contributed by atoms with Gasteiger partial charge in [0.1, 0.15) is 0 Å². The number of hydrogen-bond acceptors (Lipinski definition) is 2. The Balaban J connectivity index is 2.03. The summed E-state index contributed by atoms with van der Waals surface area (Å²) >= 11 is 7.78. The first-order chi connectivity index (χ1) is 9.65. The minimum atomic E-state index is 0.118. The van der Waals surface area contributed by atoms with Gasteiger partial charge in [-0.25, -0.2) is 0 Å². The van der Waals surface area contributed by atoms with E-state index in [1.807, 2.05) is 43.4 Å². The molecule has 0 fully saturated rings. The van der Waals surface area contributed by atoms with Crippen LogP contribution in [0.3, 0.4) is 0 Å². The highest BCUT2D eigenvalue weighted by Crippen LogP contribution is 2.45. The Morgan fingerprint density at radius 2 is 1.95 bits per heavy atom. The summed E-state index contributed by atoms with van der Waals surface area (Å²) in [7, 11) is 1.81. The molecule has 0 spiro atoms. The molecule has 2 aromatic carbocycles. The molecule has 0 aromatic heterocycles. The predicted octanol–water partition coefficient (Wildman–Crippen LogP) is 4.54. The van der Waals surface area contributed by atoms with Crippen molar-refractivity contribution in [1.82, 2.24) is 0 Å². The van der Waals surface area contributed by atoms with Crippen LogP contribution in [0.25, 0.3) is 0 Å². The van der Waals surface area contributed by atoms with Crippen LogP contribution in [-0.4, -0.2) is 13.0 Å². The van der Waals surface area contributed by atoms with Gasteiger partial charge in [-0.05, 0) is 23.8 Å². The van der Waals surface area contributed by atoms with Crippen molar-refractivity contribution in [1.29, 1.82) is 0 Å². The molecule has 2 aromatic rings. The second-order valence-electron chi connectivity index (χ2n) is 4.79. The zero-order valence-electron chi connectivity index (χ0n) is 11.0. The average molecular weight is 304 g/mol. The van der Waals surface area contributed by atoms with Gasteiger partial charge in [-0.2, -0.15) is 0 Å². The molecule has 3 rings (SSSR count). The minimum Gasteiger partial charge on any atom is -0.314 e. The first-order valence-corrected chi connectivity index (χ1v) is 7.68. The molecule has 1 aliphatic heterocycles. The summed E-state index contributed by atoms with van der Waals surface area (Å²) in [4.78, 5) is 15.1. The zero-order chi connectivity index (χ0) is 14.1. The Morgan fingerprint density at radius 1 is 1.20 bits per heavy atom. The Kier molecular flexibility index (Phi) is 3.72. The van der Waals surface area contributed by atoms with Crippen LogP contribution in [0.15, 0.2) is 53.4 Å². The van der Waals surface area contributed by atoms with E-state index in [0.717, 1.165) is 10.6 Å². The van der Waals surface area contributed by atoms with Gasteiger partial charge in [-0.1, -0.05) is 41.9 Å². The van der Waals surface area contributed by atoms with E-state index in [-0.39, 0.29) is 11.2 Å². The van der Waals surface area contributed by atoms with E-state index in [1.54, 1.807) is 16.7 Å². The van der Waals surface area contributed by atoms with Crippen molar-refractivity contribution >= 4 is 35.0 Å². The molecule has 1 unspecified atom stereocenters. The van der Waals surface area contributed by atoms with Gasteiger partial charge in [-0.3, -0.25) is 4.79 Å². The molecule has 0 N–H and O–H groups in total. The molecular weight excluding hydrogens is 290 g/mol. The van der Waals surface area contributed by atoms with Crippen LogP contribution in [0, 0.1) is 0 Å². The summed E-state index contributed by atoms with van der Waals surface area (Å²) in [6.07, 6.45) is 0.497. The van der Waals surface area contributed by atoms with Gasteiger partial charge in [0.2, 0.25) is 5.91 Å². The lowest BCUT2D eigenvalue weighted by Gasteiger charge is -2.16. The Hall–Kier alpha value is -1.45. The Labute approximate surface area is 127 Å². The molecule has 0 radical (unpaired) electrons. The molecule has 1 amide bonds. The van der Waals surface area contributed by atoms with E-state index in [9.17, 15) is 4.79 Å². The van der Waals surface area contributed by atoms with Gasteiger partial charge in [0, 0.05) is 28.6 Å². The normalized spacial score (nSPS) is 18.6. The molecule has 1 aliphatic rings. The molecular formula is C16H14ClNOS. The molecule has 0 aliphatic carbocycles. The molecule has 2 nitrogen and oxygen atoms in total. The number of fused-ring (bicyclic) bond motifs is 1. The molecule has 102 valence electrons. The highest BCUT2D eigenvalue weighted by atomic mass is 35.5. The lowest BCUT2D eigenvalue weighted by atomic mass is 10.1. The number of halogens is 1. The van der Waals surface area contributed by atoms with Crippen LogP contribution in [0.4, 0.5) is 5.69 Å². The first kappa shape index (κ1) is 13.5. The van der Waals surface area contributed by atoms with E-state index in [1.165, 1.54) is 5.56 Å². The summed E-state index contributed by atoms with van der Waals surface area (Å²) < 4.78 is 0. The monoisotopic (exact) mass is 303 g/mol. The number of rotatable bonds is 1. The van der Waals surface area contributed by atoms with Crippen molar-refractivity contribution in [2.45, 2.75) is 16.6 Å². The molecule has 0 saturated heterocycles. The maximum absolute atomic E-state index is 12.3. The Morgan fingerprint density at radius 3 is 2.70 bits per heavy atom. The van der Waals surface area contributed by atoms with Crippen LogP contribution in [0.1, 0.15) is 17.2 Å². The largest absolute Gasteiger partial charge is 0.314 e. The van der Waals surface area contributed by atoms with E-state index >= 15 is 0 Å². The number of anilines is 1. The van der Waals surface area contributed by atoms with Crippen molar-refractivity contribution in [3.05, 3.63) is 59.1 Å². The third-order valence-corrected chi connectivity index (χ3v) is 5.01. The fourth-order valence-corrected chi connectivity index (χ4v) is 3.79. The van der Waals surface area contributed by atoms with E-state index in [4.69, 9.17) is 11.6 Å². The van der Waals surface area contributed by atoms with Gasteiger partial charge in [0.15, 0.2) is 0 Å². The number of benzene rings is 2. The number of amides is 1. The van der Waals surface area contributed by atoms with Crippen molar-refractivity contribution in [3.63, 3.8) is 0 Å². The zero-order valence-corrected chi connectivity index (χ0v) is 12.6. The van der Waals surface area contributed by atoms with Crippen LogP contribution < -0.4 is 4.90 Å². The maximum atomic E-state index is 12.3. The highest BCUT2D eigenvalue weighted by molar-refractivity contribution is 7.99. The van der Waals surface area contributed by atoms with E-state index in [2.05, 4.69) is 12.1 Å². The lowest BCUT2D eigenvalue weighted by Crippen LogP contribution is -2.25. The van der Waals surface area contributed by atoms with Crippen molar-refractivity contribution in [2.24, 2.45) is 0 Å². The van der Waals surface area contributed by atoms with Crippen LogP contribution in [-0.2, 0) is 4.79 Å². The SMILES string of the molecule is CN1C(=O)CC(c2ccccc2)Sc2ccc(Cl)cc21. The summed E-state index contributed by atoms with van der Waals surface area (Å²) in [5.74, 6) is 0.118. The summed E-state index contributed by atoms with van der Waals surface area (Å²) in [6, 6.07) is 15.9. The molecule has 1 atom stereocenters. The molecule has 0 bridgehead atoms. The Bertz CT molecular complexity index is 644. The third-order valence-electron chi connectivity index (χ3n) is 3.46. The van der Waals surface area contributed by atoms with Gasteiger partial charge < -0.3 is 4.90 Å². The fourth-order valence-electron chi connectivity index (χ4n) is 2.33. The van der Waals surface area contributed by atoms with Crippen LogP contribution in [0.2, 0.25) is 5.02 Å². The molecule has 20 heavy (non-hydrogen) atoms. The predicted molar refractivity (Wildman–Crippen MR) is 84.5 cm³/mol. The number of hydrogen-bond donors (Lipinski definition) is 0. The molecule has 0 saturated carbocycles. The second-order valence-corrected chi connectivity index (χ2v) is 6.47. The van der Waals surface area contributed by atoms with Gasteiger partial charge in [0.25, 0.3) is 0 Å². The molecule has 4 heteroatoms. The first-order valence-electron chi connectivity index (χ1n) is 6.43. The standard InChI is InChI=1S/C16H14ClNOS/c1-18-13-9-12(17)7-8-14(13)20-15(10-16(18)19)11-5-3-2-4-6-11/h2-9,15H,10H2,1H3. The second kappa shape index (κ2) is 5.51. The minimum absolute atomic E-state index is 0.118. The quantitative estimate of drug-likeness (QED) is 0.771. The lowest BCUT2D eigenvalue weighted by molar-refractivity contribution is -0.118. The number of carbonyl (C=O) groups is 1. The summed E-state index contributed by atoms with van der Waals surface area (Å²) in [6.45, 7) is 0. The highest BCUT2D eigenvalue weighted by Gasteiger charge is 2.27. The van der Waals surface area contributed by atoms with Gasteiger partial charge >= 0.3 is 0 Å². The van der Waals surface area contributed by atoms with Gasteiger partial charge in [-0.15, -0.1) is 11.8 Å². The number of carbonyl (C=O) groups excluding carboxylic acids is 1. The number of nitrogens with zero attached hydrogens (tertiary/aromatic N) is 1. The smallest absolute Gasteiger partial charge is 0.228 e. The van der Waals surface area contributed by atoms with Crippen LogP contribution in [0.5, 0.6) is 0 Å². The van der Waals surface area contributed by atoms with Crippen molar-refractivity contribution < 1.29 is 4.79 Å². The van der Waals surface area contributed by atoms with E-state index < -0.39 is 0 Å². The van der Waals surface area contributed by atoms with E-state index in [0.29, 0.717) is 11.4 Å². The van der Waals surface area contributed by atoms with Crippen molar-refractivity contribution in [3.8, 4) is 0 Å². The third kappa shape index (κ3) is 2.56. The van der Waals surface area contributed by atoms with Crippen LogP contribution >= 0.6 is 23.4 Å². The fraction of sp³-hybridized carbons (Fsp3) is 0.188. The molecule has 1 heterocycles. The topological polar surface area (TPSA) is 20.3 Å². The van der Waals surface area contributed by atoms with Crippen molar-refractivity contribution in [2.75, 3.05) is 11.9 Å². The summed E-state index contributed by atoms with van der Waals surface area (Å²) in [5.41, 5.74) is 2.08. The summed E-state index contributed by atoms with van der Waals surface area (Å²) in [5, 5.41) is 0.802. The van der Waals surface area contributed by atoms with Gasteiger partial charge in [0.05, 0.1) is 5.69 Å². The maximum Gasteiger partial charge on any atom is 0.228 e.